The fourth-order valence-electron chi connectivity index (χ4n) is 3.28. The highest BCUT2D eigenvalue weighted by Gasteiger charge is 2.30. The Morgan fingerprint density at radius 3 is 2.72 bits per heavy atom. The molecule has 2 heterocycles. The average Bonchev–Trinajstić information content (AvgIpc) is 3.09. The highest BCUT2D eigenvalue weighted by Crippen LogP contribution is 2.25. The summed E-state index contributed by atoms with van der Waals surface area (Å²) in [7, 11) is 1.79. The van der Waals surface area contributed by atoms with E-state index in [4.69, 9.17) is 0 Å². The largest absolute Gasteiger partial charge is 0.341 e. The van der Waals surface area contributed by atoms with Gasteiger partial charge in [-0.1, -0.05) is 30.3 Å². The van der Waals surface area contributed by atoms with Crippen molar-refractivity contribution in [2.75, 3.05) is 20.1 Å². The number of carbonyl (C=O) groups excluding carboxylic acids is 1. The maximum absolute atomic E-state index is 12.7. The summed E-state index contributed by atoms with van der Waals surface area (Å²) in [6, 6.07) is 13.5. The minimum absolute atomic E-state index is 0.126. The second-order valence-electron chi connectivity index (χ2n) is 6.40. The van der Waals surface area contributed by atoms with Crippen molar-refractivity contribution in [3.63, 3.8) is 0 Å². The number of benzene rings is 1. The standard InChI is InChI=1S/C19H24N4O2/c1-3-23-10-9-15(11-17(23)24)19(25)22(2)13-16-12-20-21-18(16)14-7-5-4-6-8-14/h4-11,16,18,20-21H,3,12-13H2,1-2H3. The summed E-state index contributed by atoms with van der Waals surface area (Å²) >= 11 is 0. The third-order valence-electron chi connectivity index (χ3n) is 4.69. The molecular weight excluding hydrogens is 316 g/mol. The first-order chi connectivity index (χ1) is 12.1. The van der Waals surface area contributed by atoms with Crippen LogP contribution in [-0.2, 0) is 6.54 Å². The summed E-state index contributed by atoms with van der Waals surface area (Å²) in [5.41, 5.74) is 7.97. The molecule has 0 radical (unpaired) electrons. The summed E-state index contributed by atoms with van der Waals surface area (Å²) in [5, 5.41) is 0. The molecule has 6 nitrogen and oxygen atoms in total. The van der Waals surface area contributed by atoms with Crippen LogP contribution in [0.1, 0.15) is 28.9 Å². The Balaban J connectivity index is 1.70. The summed E-state index contributed by atoms with van der Waals surface area (Å²) in [6.07, 6.45) is 1.68. The van der Waals surface area contributed by atoms with Gasteiger partial charge in [0.1, 0.15) is 0 Å². The lowest BCUT2D eigenvalue weighted by molar-refractivity contribution is 0.0771. The third kappa shape index (κ3) is 3.81. The molecule has 1 aromatic heterocycles. The molecule has 1 aliphatic rings. The number of amides is 1. The minimum Gasteiger partial charge on any atom is -0.341 e. The number of carbonyl (C=O) groups is 1. The van der Waals surface area contributed by atoms with Crippen LogP contribution < -0.4 is 16.4 Å². The number of hydrogen-bond donors (Lipinski definition) is 2. The van der Waals surface area contributed by atoms with Crippen molar-refractivity contribution < 1.29 is 4.79 Å². The summed E-state index contributed by atoms with van der Waals surface area (Å²) in [5.74, 6) is 0.131. The van der Waals surface area contributed by atoms with Crippen LogP contribution in [0.3, 0.4) is 0 Å². The first-order valence-electron chi connectivity index (χ1n) is 8.59. The quantitative estimate of drug-likeness (QED) is 0.864. The Morgan fingerprint density at radius 1 is 1.28 bits per heavy atom. The molecule has 1 amide bonds. The number of pyridine rings is 1. The zero-order valence-corrected chi connectivity index (χ0v) is 14.6. The second-order valence-corrected chi connectivity index (χ2v) is 6.40. The number of hydrogen-bond acceptors (Lipinski definition) is 4. The Labute approximate surface area is 147 Å². The van der Waals surface area contributed by atoms with Crippen LogP contribution in [0.2, 0.25) is 0 Å². The Hall–Kier alpha value is -2.44. The lowest BCUT2D eigenvalue weighted by atomic mass is 9.94. The lowest BCUT2D eigenvalue weighted by Crippen LogP contribution is -2.35. The number of nitrogens with one attached hydrogen (secondary N) is 2. The number of aryl methyl sites for hydroxylation is 1. The molecule has 25 heavy (non-hydrogen) atoms. The van der Waals surface area contributed by atoms with E-state index in [1.165, 1.54) is 11.6 Å². The van der Waals surface area contributed by atoms with Gasteiger partial charge in [0, 0.05) is 50.4 Å². The smallest absolute Gasteiger partial charge is 0.253 e. The first-order valence-corrected chi connectivity index (χ1v) is 8.59. The van der Waals surface area contributed by atoms with Gasteiger partial charge < -0.3 is 9.47 Å². The molecule has 2 unspecified atom stereocenters. The predicted molar refractivity (Wildman–Crippen MR) is 97.1 cm³/mol. The average molecular weight is 340 g/mol. The zero-order valence-electron chi connectivity index (χ0n) is 14.6. The van der Waals surface area contributed by atoms with Crippen LogP contribution in [-0.4, -0.2) is 35.5 Å². The van der Waals surface area contributed by atoms with Gasteiger partial charge in [-0.15, -0.1) is 0 Å². The Kier molecular flexibility index (Phi) is 5.31. The van der Waals surface area contributed by atoms with Gasteiger partial charge in [-0.05, 0) is 18.6 Å². The molecule has 0 spiro atoms. The van der Waals surface area contributed by atoms with Gasteiger partial charge in [0.2, 0.25) is 0 Å². The normalized spacial score (nSPS) is 19.8. The van der Waals surface area contributed by atoms with Crippen molar-refractivity contribution in [3.05, 3.63) is 70.1 Å². The zero-order chi connectivity index (χ0) is 17.8. The predicted octanol–water partition coefficient (Wildman–Crippen LogP) is 1.41. The van der Waals surface area contributed by atoms with Gasteiger partial charge in [0.15, 0.2) is 0 Å². The van der Waals surface area contributed by atoms with Crippen LogP contribution >= 0.6 is 0 Å². The summed E-state index contributed by atoms with van der Waals surface area (Å²) in [6.45, 7) is 3.89. The first kappa shape index (κ1) is 17.4. The van der Waals surface area contributed by atoms with Crippen LogP contribution in [0.5, 0.6) is 0 Å². The maximum atomic E-state index is 12.7. The fourth-order valence-corrected chi connectivity index (χ4v) is 3.28. The van der Waals surface area contributed by atoms with Gasteiger partial charge >= 0.3 is 0 Å². The van der Waals surface area contributed by atoms with E-state index in [2.05, 4.69) is 23.0 Å². The highest BCUT2D eigenvalue weighted by atomic mass is 16.2. The van der Waals surface area contributed by atoms with E-state index in [-0.39, 0.29) is 23.4 Å². The third-order valence-corrected chi connectivity index (χ3v) is 4.69. The van der Waals surface area contributed by atoms with Crippen LogP contribution in [0, 0.1) is 5.92 Å². The molecule has 3 rings (SSSR count). The van der Waals surface area contributed by atoms with E-state index >= 15 is 0 Å². The Bertz CT molecular complexity index is 788. The van der Waals surface area contributed by atoms with E-state index in [9.17, 15) is 9.59 Å². The Morgan fingerprint density at radius 2 is 2.04 bits per heavy atom. The molecule has 6 heteroatoms. The molecular formula is C19H24N4O2. The van der Waals surface area contributed by atoms with Crippen LogP contribution in [0.15, 0.2) is 53.5 Å². The fraction of sp³-hybridized carbons (Fsp3) is 0.368. The van der Waals surface area contributed by atoms with Crippen molar-refractivity contribution in [1.29, 1.82) is 0 Å². The molecule has 2 atom stereocenters. The lowest BCUT2D eigenvalue weighted by Gasteiger charge is -2.25. The number of nitrogens with zero attached hydrogens (tertiary/aromatic N) is 2. The summed E-state index contributed by atoms with van der Waals surface area (Å²) < 4.78 is 1.58. The number of aromatic nitrogens is 1. The maximum Gasteiger partial charge on any atom is 0.253 e. The van der Waals surface area contributed by atoms with Gasteiger partial charge in [-0.25, -0.2) is 5.43 Å². The molecule has 2 N–H and O–H groups in total. The van der Waals surface area contributed by atoms with E-state index in [1.54, 1.807) is 28.8 Å². The molecule has 132 valence electrons. The molecule has 0 saturated carbocycles. The van der Waals surface area contributed by atoms with E-state index in [1.807, 2.05) is 25.1 Å². The summed E-state index contributed by atoms with van der Waals surface area (Å²) in [4.78, 5) is 26.3. The van der Waals surface area contributed by atoms with Gasteiger partial charge in [-0.2, -0.15) is 0 Å². The van der Waals surface area contributed by atoms with Crippen molar-refractivity contribution in [3.8, 4) is 0 Å². The van der Waals surface area contributed by atoms with Crippen molar-refractivity contribution in [1.82, 2.24) is 20.3 Å². The van der Waals surface area contributed by atoms with Crippen molar-refractivity contribution in [2.45, 2.75) is 19.5 Å². The highest BCUT2D eigenvalue weighted by molar-refractivity contribution is 5.93. The molecule has 0 bridgehead atoms. The SMILES string of the molecule is CCn1ccc(C(=O)N(C)CC2CNNC2c2ccccc2)cc1=O. The topological polar surface area (TPSA) is 66.4 Å². The number of hydrazine groups is 1. The van der Waals surface area contributed by atoms with E-state index < -0.39 is 0 Å². The molecule has 1 saturated heterocycles. The van der Waals surface area contributed by atoms with Crippen molar-refractivity contribution >= 4 is 5.91 Å². The van der Waals surface area contributed by atoms with Gasteiger partial charge in [0.25, 0.3) is 11.5 Å². The van der Waals surface area contributed by atoms with Crippen LogP contribution in [0.25, 0.3) is 0 Å². The minimum atomic E-state index is -0.145. The van der Waals surface area contributed by atoms with Gasteiger partial charge in [-0.3, -0.25) is 15.0 Å². The monoisotopic (exact) mass is 340 g/mol. The van der Waals surface area contributed by atoms with Crippen molar-refractivity contribution in [2.24, 2.45) is 5.92 Å². The molecule has 1 aromatic carbocycles. The van der Waals surface area contributed by atoms with Gasteiger partial charge in [0.05, 0.1) is 6.04 Å². The molecule has 1 aliphatic heterocycles. The molecule has 0 aliphatic carbocycles. The van der Waals surface area contributed by atoms with Crippen LogP contribution in [0.4, 0.5) is 0 Å². The van der Waals surface area contributed by atoms with E-state index in [0.29, 0.717) is 18.7 Å². The second kappa shape index (κ2) is 7.63. The molecule has 2 aromatic rings. The molecule has 1 fully saturated rings. The van der Waals surface area contributed by atoms with E-state index in [0.717, 1.165) is 6.54 Å². The number of rotatable bonds is 5.